The van der Waals surface area contributed by atoms with Crippen LogP contribution in [0.3, 0.4) is 0 Å². The SMILES string of the molecule is COC(=O)CC(C)Cc1ccc(N(CCO)C(=O)Nc2ccc(C#N)cc2)cc1. The Hall–Kier alpha value is -3.37. The highest BCUT2D eigenvalue weighted by atomic mass is 16.5. The zero-order valence-corrected chi connectivity index (χ0v) is 16.6. The number of hydrogen-bond acceptors (Lipinski definition) is 5. The van der Waals surface area contributed by atoms with Crippen LogP contribution in [-0.2, 0) is 16.0 Å². The number of nitrogens with one attached hydrogen (secondary N) is 1. The molecular weight excluding hydrogens is 370 g/mol. The number of carbonyl (C=O) groups excluding carboxylic acids is 2. The summed E-state index contributed by atoms with van der Waals surface area (Å²) in [5, 5.41) is 21.0. The Kier molecular flexibility index (Phi) is 8.19. The Morgan fingerprint density at radius 3 is 2.38 bits per heavy atom. The Balaban J connectivity index is 2.06. The van der Waals surface area contributed by atoms with E-state index in [1.807, 2.05) is 37.3 Å². The summed E-state index contributed by atoms with van der Waals surface area (Å²) in [4.78, 5) is 25.5. The van der Waals surface area contributed by atoms with Gasteiger partial charge in [0.15, 0.2) is 0 Å². The third kappa shape index (κ3) is 6.63. The van der Waals surface area contributed by atoms with Crippen LogP contribution in [0.4, 0.5) is 16.2 Å². The maximum Gasteiger partial charge on any atom is 0.326 e. The van der Waals surface area contributed by atoms with Gasteiger partial charge in [-0.3, -0.25) is 9.69 Å². The molecule has 0 aromatic heterocycles. The second-order valence-electron chi connectivity index (χ2n) is 6.75. The third-order valence-corrected chi connectivity index (χ3v) is 4.41. The summed E-state index contributed by atoms with van der Waals surface area (Å²) in [6.07, 6.45) is 1.06. The molecule has 0 saturated heterocycles. The van der Waals surface area contributed by atoms with Crippen LogP contribution in [0.2, 0.25) is 0 Å². The van der Waals surface area contributed by atoms with E-state index in [1.165, 1.54) is 12.0 Å². The molecule has 1 atom stereocenters. The van der Waals surface area contributed by atoms with Crippen LogP contribution in [0.25, 0.3) is 0 Å². The molecular formula is C22H25N3O4. The molecule has 0 heterocycles. The van der Waals surface area contributed by atoms with Crippen molar-refractivity contribution in [2.45, 2.75) is 19.8 Å². The minimum atomic E-state index is -0.379. The number of carbonyl (C=O) groups is 2. The normalized spacial score (nSPS) is 11.2. The highest BCUT2D eigenvalue weighted by Crippen LogP contribution is 2.20. The van der Waals surface area contributed by atoms with Gasteiger partial charge in [0, 0.05) is 17.8 Å². The molecule has 1 unspecified atom stereocenters. The van der Waals surface area contributed by atoms with Crippen molar-refractivity contribution in [2.75, 3.05) is 30.5 Å². The molecule has 7 nitrogen and oxygen atoms in total. The van der Waals surface area contributed by atoms with Crippen molar-refractivity contribution in [1.82, 2.24) is 0 Å². The zero-order valence-electron chi connectivity index (χ0n) is 16.6. The van der Waals surface area contributed by atoms with Gasteiger partial charge in [0.1, 0.15) is 0 Å². The van der Waals surface area contributed by atoms with E-state index in [0.29, 0.717) is 29.8 Å². The monoisotopic (exact) mass is 395 g/mol. The minimum Gasteiger partial charge on any atom is -0.469 e. The number of methoxy groups -OCH3 is 1. The summed E-state index contributed by atoms with van der Waals surface area (Å²) in [7, 11) is 1.38. The Morgan fingerprint density at radius 2 is 1.83 bits per heavy atom. The molecule has 0 aliphatic rings. The molecule has 0 spiro atoms. The number of esters is 1. The lowest BCUT2D eigenvalue weighted by Crippen LogP contribution is -2.37. The average Bonchev–Trinajstić information content (AvgIpc) is 2.73. The van der Waals surface area contributed by atoms with Gasteiger partial charge in [-0.1, -0.05) is 19.1 Å². The molecule has 0 bridgehead atoms. The number of aliphatic hydroxyl groups excluding tert-OH is 1. The van der Waals surface area contributed by atoms with Gasteiger partial charge < -0.3 is 15.2 Å². The van der Waals surface area contributed by atoms with Crippen LogP contribution in [0.15, 0.2) is 48.5 Å². The fourth-order valence-electron chi connectivity index (χ4n) is 2.92. The standard InChI is InChI=1S/C22H25N3O4/c1-16(14-21(27)29-2)13-17-5-9-20(10-6-17)25(11-12-26)22(28)24-19-7-3-18(15-23)4-8-19/h3-10,16,26H,11-14H2,1-2H3,(H,24,28). The average molecular weight is 395 g/mol. The summed E-state index contributed by atoms with van der Waals surface area (Å²) in [5.41, 5.74) is 2.76. The highest BCUT2D eigenvalue weighted by molar-refractivity contribution is 6.01. The van der Waals surface area contributed by atoms with Crippen LogP contribution in [-0.4, -0.2) is 37.4 Å². The van der Waals surface area contributed by atoms with E-state index in [1.54, 1.807) is 24.3 Å². The highest BCUT2D eigenvalue weighted by Gasteiger charge is 2.16. The summed E-state index contributed by atoms with van der Waals surface area (Å²) >= 11 is 0. The van der Waals surface area contributed by atoms with Gasteiger partial charge in [-0.2, -0.15) is 5.26 Å². The van der Waals surface area contributed by atoms with Gasteiger partial charge in [0.05, 0.1) is 31.9 Å². The Labute approximate surface area is 170 Å². The van der Waals surface area contributed by atoms with E-state index in [0.717, 1.165) is 5.56 Å². The molecule has 0 fully saturated rings. The van der Waals surface area contributed by atoms with Gasteiger partial charge in [-0.05, 0) is 54.3 Å². The first-order chi connectivity index (χ1) is 14.0. The maximum absolute atomic E-state index is 12.7. The van der Waals surface area contributed by atoms with Crippen molar-refractivity contribution in [3.8, 4) is 6.07 Å². The van der Waals surface area contributed by atoms with Crippen LogP contribution in [0.5, 0.6) is 0 Å². The largest absolute Gasteiger partial charge is 0.469 e. The van der Waals surface area contributed by atoms with Crippen molar-refractivity contribution in [1.29, 1.82) is 5.26 Å². The number of benzene rings is 2. The Morgan fingerprint density at radius 1 is 1.17 bits per heavy atom. The molecule has 2 N–H and O–H groups in total. The van der Waals surface area contributed by atoms with E-state index in [-0.39, 0.29) is 31.1 Å². The summed E-state index contributed by atoms with van der Waals surface area (Å²) < 4.78 is 4.69. The van der Waals surface area contributed by atoms with Crippen LogP contribution < -0.4 is 10.2 Å². The fourth-order valence-corrected chi connectivity index (χ4v) is 2.92. The number of aliphatic hydroxyl groups is 1. The van der Waals surface area contributed by atoms with Crippen molar-refractivity contribution in [3.05, 3.63) is 59.7 Å². The van der Waals surface area contributed by atoms with E-state index in [2.05, 4.69) is 5.32 Å². The number of rotatable bonds is 8. The van der Waals surface area contributed by atoms with Crippen molar-refractivity contribution in [2.24, 2.45) is 5.92 Å². The van der Waals surface area contributed by atoms with Crippen LogP contribution in [0.1, 0.15) is 24.5 Å². The van der Waals surface area contributed by atoms with E-state index < -0.39 is 0 Å². The molecule has 0 saturated carbocycles. The fraction of sp³-hybridized carbons (Fsp3) is 0.318. The number of nitrogens with zero attached hydrogens (tertiary/aromatic N) is 2. The first kappa shape index (κ1) is 21.9. The number of hydrogen-bond donors (Lipinski definition) is 2. The number of ether oxygens (including phenoxy) is 1. The summed E-state index contributed by atoms with van der Waals surface area (Å²) in [6, 6.07) is 15.6. The predicted octanol–water partition coefficient (Wildman–Crippen LogP) is 3.33. The number of amides is 2. The van der Waals surface area contributed by atoms with Crippen molar-refractivity contribution >= 4 is 23.4 Å². The number of urea groups is 1. The lowest BCUT2D eigenvalue weighted by Gasteiger charge is -2.23. The second-order valence-corrected chi connectivity index (χ2v) is 6.75. The molecule has 2 aromatic rings. The molecule has 2 aromatic carbocycles. The molecule has 2 rings (SSSR count). The van der Waals surface area contributed by atoms with Crippen molar-refractivity contribution < 1.29 is 19.4 Å². The second kappa shape index (κ2) is 10.8. The van der Waals surface area contributed by atoms with E-state index >= 15 is 0 Å². The van der Waals surface area contributed by atoms with Gasteiger partial charge in [0.2, 0.25) is 0 Å². The first-order valence-electron chi connectivity index (χ1n) is 9.32. The minimum absolute atomic E-state index is 0.139. The zero-order chi connectivity index (χ0) is 21.2. The van der Waals surface area contributed by atoms with E-state index in [9.17, 15) is 14.7 Å². The molecule has 2 amide bonds. The van der Waals surface area contributed by atoms with Gasteiger partial charge in [-0.15, -0.1) is 0 Å². The molecule has 0 aliphatic carbocycles. The molecule has 0 aliphatic heterocycles. The topological polar surface area (TPSA) is 103 Å². The van der Waals surface area contributed by atoms with Gasteiger partial charge in [0.25, 0.3) is 0 Å². The third-order valence-electron chi connectivity index (χ3n) is 4.41. The summed E-state index contributed by atoms with van der Waals surface area (Å²) in [6.45, 7) is 1.94. The number of anilines is 2. The predicted molar refractivity (Wildman–Crippen MR) is 111 cm³/mol. The van der Waals surface area contributed by atoms with E-state index in [4.69, 9.17) is 10.00 Å². The molecule has 29 heavy (non-hydrogen) atoms. The molecule has 152 valence electrons. The number of nitriles is 1. The Bertz CT molecular complexity index is 857. The van der Waals surface area contributed by atoms with Crippen LogP contribution in [0, 0.1) is 17.2 Å². The van der Waals surface area contributed by atoms with Crippen LogP contribution >= 0.6 is 0 Å². The lowest BCUT2D eigenvalue weighted by atomic mass is 9.98. The lowest BCUT2D eigenvalue weighted by molar-refractivity contribution is -0.141. The molecule has 0 radical (unpaired) electrons. The van der Waals surface area contributed by atoms with Gasteiger partial charge in [-0.25, -0.2) is 4.79 Å². The van der Waals surface area contributed by atoms with Gasteiger partial charge >= 0.3 is 12.0 Å². The quantitative estimate of drug-likeness (QED) is 0.668. The molecule has 7 heteroatoms. The smallest absolute Gasteiger partial charge is 0.326 e. The first-order valence-corrected chi connectivity index (χ1v) is 9.32. The van der Waals surface area contributed by atoms with Crippen molar-refractivity contribution in [3.63, 3.8) is 0 Å². The maximum atomic E-state index is 12.7. The summed E-state index contributed by atoms with van der Waals surface area (Å²) in [5.74, 6) is -0.0933.